The molecule has 0 amide bonds. The first-order chi connectivity index (χ1) is 9.49. The summed E-state index contributed by atoms with van der Waals surface area (Å²) < 4.78 is 0. The van der Waals surface area contributed by atoms with Gasteiger partial charge in [0.1, 0.15) is 0 Å². The van der Waals surface area contributed by atoms with Crippen LogP contribution in [0.1, 0.15) is 78.6 Å². The molecule has 0 aromatic carbocycles. The van der Waals surface area contributed by atoms with Gasteiger partial charge in [0.25, 0.3) is 0 Å². The molecule has 1 nitrogen and oxygen atoms in total. The molecule has 1 aliphatic carbocycles. The molecule has 1 fully saturated rings. The summed E-state index contributed by atoms with van der Waals surface area (Å²) in [6.45, 7) is 11.0. The Morgan fingerprint density at radius 2 is 1.75 bits per heavy atom. The van der Waals surface area contributed by atoms with Crippen LogP contribution < -0.4 is 5.32 Å². The summed E-state index contributed by atoms with van der Waals surface area (Å²) in [6.07, 6.45) is 14.4. The average Bonchev–Trinajstić information content (AvgIpc) is 2.42. The molecule has 0 aliphatic heterocycles. The zero-order valence-corrected chi connectivity index (χ0v) is 14.4. The van der Waals surface area contributed by atoms with Crippen molar-refractivity contribution < 1.29 is 0 Å². The van der Waals surface area contributed by atoms with Gasteiger partial charge in [0.2, 0.25) is 0 Å². The molecule has 118 valence electrons. The van der Waals surface area contributed by atoms with Crippen molar-refractivity contribution in [1.29, 1.82) is 0 Å². The topological polar surface area (TPSA) is 12.0 Å². The van der Waals surface area contributed by atoms with E-state index in [0.717, 1.165) is 17.9 Å². The lowest BCUT2D eigenvalue weighted by atomic mass is 9.68. The SMILES string of the molecule is C=CCCCCCC(NC)C1CCC(C(C)(C)C)CC1. The minimum atomic E-state index is 0.505. The van der Waals surface area contributed by atoms with Gasteiger partial charge in [0.15, 0.2) is 0 Å². The first-order valence-electron chi connectivity index (χ1n) is 8.77. The van der Waals surface area contributed by atoms with Crippen molar-refractivity contribution in [2.45, 2.75) is 84.6 Å². The molecule has 0 aromatic rings. The van der Waals surface area contributed by atoms with Crippen LogP contribution >= 0.6 is 0 Å². The molecule has 20 heavy (non-hydrogen) atoms. The molecule has 0 saturated heterocycles. The maximum atomic E-state index is 3.80. The Labute approximate surface area is 127 Å². The van der Waals surface area contributed by atoms with E-state index in [-0.39, 0.29) is 0 Å². The lowest BCUT2D eigenvalue weighted by molar-refractivity contribution is 0.131. The Balaban J connectivity index is 2.28. The van der Waals surface area contributed by atoms with E-state index < -0.39 is 0 Å². The van der Waals surface area contributed by atoms with Gasteiger partial charge in [0, 0.05) is 6.04 Å². The molecule has 1 heteroatoms. The molecule has 1 N–H and O–H groups in total. The second-order valence-corrected chi connectivity index (χ2v) is 7.80. The van der Waals surface area contributed by atoms with E-state index in [1.807, 2.05) is 6.08 Å². The van der Waals surface area contributed by atoms with Crippen LogP contribution in [0.15, 0.2) is 12.7 Å². The van der Waals surface area contributed by atoms with Crippen molar-refractivity contribution in [1.82, 2.24) is 5.32 Å². The van der Waals surface area contributed by atoms with Gasteiger partial charge in [-0.1, -0.05) is 39.7 Å². The molecule has 1 rings (SSSR count). The summed E-state index contributed by atoms with van der Waals surface area (Å²) >= 11 is 0. The highest BCUT2D eigenvalue weighted by Gasteiger charge is 2.32. The van der Waals surface area contributed by atoms with Crippen LogP contribution in [0, 0.1) is 17.3 Å². The zero-order valence-electron chi connectivity index (χ0n) is 14.4. The van der Waals surface area contributed by atoms with Gasteiger partial charge in [-0.15, -0.1) is 6.58 Å². The fraction of sp³-hybridized carbons (Fsp3) is 0.895. The predicted molar refractivity (Wildman–Crippen MR) is 91.0 cm³/mol. The van der Waals surface area contributed by atoms with Crippen LogP contribution in [0.4, 0.5) is 0 Å². The molecule has 0 radical (unpaired) electrons. The third-order valence-corrected chi connectivity index (χ3v) is 5.36. The van der Waals surface area contributed by atoms with Gasteiger partial charge in [-0.3, -0.25) is 0 Å². The van der Waals surface area contributed by atoms with E-state index in [4.69, 9.17) is 0 Å². The summed E-state index contributed by atoms with van der Waals surface area (Å²) in [5.74, 6) is 1.85. The van der Waals surface area contributed by atoms with Gasteiger partial charge in [-0.05, 0) is 69.2 Å². The first kappa shape index (κ1) is 17.8. The van der Waals surface area contributed by atoms with E-state index >= 15 is 0 Å². The molecular formula is C19H37N. The highest BCUT2D eigenvalue weighted by atomic mass is 14.9. The summed E-state index contributed by atoms with van der Waals surface area (Å²) in [5.41, 5.74) is 0.505. The number of nitrogens with one attached hydrogen (secondary N) is 1. The molecule has 1 saturated carbocycles. The minimum Gasteiger partial charge on any atom is -0.317 e. The van der Waals surface area contributed by atoms with E-state index in [1.54, 1.807) is 0 Å². The van der Waals surface area contributed by atoms with Crippen molar-refractivity contribution in [3.63, 3.8) is 0 Å². The smallest absolute Gasteiger partial charge is 0.00923 e. The van der Waals surface area contributed by atoms with E-state index in [2.05, 4.69) is 39.7 Å². The third-order valence-electron chi connectivity index (χ3n) is 5.36. The summed E-state index contributed by atoms with van der Waals surface area (Å²) in [6, 6.07) is 0.750. The fourth-order valence-electron chi connectivity index (χ4n) is 3.83. The van der Waals surface area contributed by atoms with Gasteiger partial charge >= 0.3 is 0 Å². The Morgan fingerprint density at radius 1 is 1.10 bits per heavy atom. The number of rotatable bonds is 8. The standard InChI is InChI=1S/C19H37N/c1-6-7-8-9-10-11-18(20-5)16-12-14-17(15-13-16)19(2,3)4/h6,16-18,20H,1,7-15H2,2-5H3. The Morgan fingerprint density at radius 3 is 2.25 bits per heavy atom. The zero-order chi connectivity index (χ0) is 15.0. The predicted octanol–water partition coefficient (Wildman–Crippen LogP) is 5.56. The highest BCUT2D eigenvalue weighted by Crippen LogP contribution is 2.41. The van der Waals surface area contributed by atoms with Crippen molar-refractivity contribution in [3.05, 3.63) is 12.7 Å². The molecule has 0 bridgehead atoms. The van der Waals surface area contributed by atoms with Crippen LogP contribution in [0.3, 0.4) is 0 Å². The molecule has 1 unspecified atom stereocenters. The summed E-state index contributed by atoms with van der Waals surface area (Å²) in [7, 11) is 2.16. The molecule has 0 spiro atoms. The molecular weight excluding hydrogens is 242 g/mol. The molecule has 1 aliphatic rings. The number of unbranched alkanes of at least 4 members (excludes halogenated alkanes) is 3. The molecule has 0 aromatic heterocycles. The van der Waals surface area contributed by atoms with Crippen LogP contribution in [-0.2, 0) is 0 Å². The van der Waals surface area contributed by atoms with Gasteiger partial charge in [0.05, 0.1) is 0 Å². The second kappa shape index (κ2) is 8.87. The Hall–Kier alpha value is -0.300. The second-order valence-electron chi connectivity index (χ2n) is 7.80. The number of allylic oxidation sites excluding steroid dienone is 1. The maximum absolute atomic E-state index is 3.80. The van der Waals surface area contributed by atoms with E-state index in [9.17, 15) is 0 Å². The van der Waals surface area contributed by atoms with Crippen LogP contribution in [0.25, 0.3) is 0 Å². The minimum absolute atomic E-state index is 0.505. The fourth-order valence-corrected chi connectivity index (χ4v) is 3.83. The maximum Gasteiger partial charge on any atom is 0.00923 e. The molecule has 1 atom stereocenters. The van der Waals surface area contributed by atoms with Crippen LogP contribution in [-0.4, -0.2) is 13.1 Å². The first-order valence-corrected chi connectivity index (χ1v) is 8.77. The quantitative estimate of drug-likeness (QED) is 0.453. The lowest BCUT2D eigenvalue weighted by Gasteiger charge is -2.39. The number of hydrogen-bond donors (Lipinski definition) is 1. The normalized spacial score (nSPS) is 25.4. The summed E-state index contributed by atoms with van der Waals surface area (Å²) in [4.78, 5) is 0. The third kappa shape index (κ3) is 5.99. The number of hydrogen-bond acceptors (Lipinski definition) is 1. The average molecular weight is 280 g/mol. The van der Waals surface area contributed by atoms with Gasteiger partial charge < -0.3 is 5.32 Å². The van der Waals surface area contributed by atoms with E-state index in [0.29, 0.717) is 5.41 Å². The Kier molecular flexibility index (Phi) is 7.87. The van der Waals surface area contributed by atoms with Crippen molar-refractivity contribution >= 4 is 0 Å². The van der Waals surface area contributed by atoms with Gasteiger partial charge in [-0.2, -0.15) is 0 Å². The van der Waals surface area contributed by atoms with Gasteiger partial charge in [-0.25, -0.2) is 0 Å². The summed E-state index contributed by atoms with van der Waals surface area (Å²) in [5, 5.41) is 3.60. The van der Waals surface area contributed by atoms with Crippen molar-refractivity contribution in [2.75, 3.05) is 7.05 Å². The highest BCUT2D eigenvalue weighted by molar-refractivity contribution is 4.85. The lowest BCUT2D eigenvalue weighted by Crippen LogP contribution is -2.37. The molecule has 0 heterocycles. The van der Waals surface area contributed by atoms with Crippen LogP contribution in [0.2, 0.25) is 0 Å². The largest absolute Gasteiger partial charge is 0.317 e. The van der Waals surface area contributed by atoms with Crippen molar-refractivity contribution in [2.24, 2.45) is 17.3 Å². The van der Waals surface area contributed by atoms with Crippen molar-refractivity contribution in [3.8, 4) is 0 Å². The van der Waals surface area contributed by atoms with Crippen LogP contribution in [0.5, 0.6) is 0 Å². The van der Waals surface area contributed by atoms with E-state index in [1.165, 1.54) is 57.8 Å². The monoisotopic (exact) mass is 279 g/mol. The Bertz CT molecular complexity index is 255.